The number of esters is 1. The third kappa shape index (κ3) is 5.03. The number of nitrogens with zero attached hydrogens (tertiary/aromatic N) is 1. The van der Waals surface area contributed by atoms with Crippen LogP contribution in [0.3, 0.4) is 0 Å². The molecule has 2 amide bonds. The third-order valence-electron chi connectivity index (χ3n) is 3.30. The van der Waals surface area contributed by atoms with Crippen molar-refractivity contribution in [3.05, 3.63) is 64.4 Å². The van der Waals surface area contributed by atoms with Gasteiger partial charge in [-0.05, 0) is 42.5 Å². The van der Waals surface area contributed by atoms with E-state index in [1.807, 2.05) is 0 Å². The summed E-state index contributed by atoms with van der Waals surface area (Å²) in [6.45, 7) is -0.594. The fraction of sp³-hybridized carbons (Fsp3) is 0.167. The lowest BCUT2D eigenvalue weighted by atomic mass is 10.2. The molecule has 0 aromatic heterocycles. The Morgan fingerprint density at radius 1 is 1.12 bits per heavy atom. The smallest absolute Gasteiger partial charge is 0.341 e. The standard InChI is InChI=1S/C18H16ClFN2O4/c1-22(2)17(24)11-3-6-13(7-4-11)21-16(23)10-26-18(25)14-9-12(19)5-8-15(14)20/h3-9H,10H2,1-2H3,(H,21,23). The van der Waals surface area contributed by atoms with Crippen molar-refractivity contribution >= 4 is 35.1 Å². The van der Waals surface area contributed by atoms with Crippen LogP contribution >= 0.6 is 11.6 Å². The lowest BCUT2D eigenvalue weighted by Gasteiger charge is -2.11. The van der Waals surface area contributed by atoms with E-state index in [-0.39, 0.29) is 16.5 Å². The summed E-state index contributed by atoms with van der Waals surface area (Å²) in [5.41, 5.74) is 0.544. The summed E-state index contributed by atoms with van der Waals surface area (Å²) in [6, 6.07) is 9.68. The normalized spacial score (nSPS) is 10.2. The van der Waals surface area contributed by atoms with Crippen LogP contribution in [0.25, 0.3) is 0 Å². The molecule has 8 heteroatoms. The van der Waals surface area contributed by atoms with Gasteiger partial charge in [0.2, 0.25) is 0 Å². The fourth-order valence-electron chi connectivity index (χ4n) is 2.01. The van der Waals surface area contributed by atoms with Crippen molar-refractivity contribution in [2.75, 3.05) is 26.0 Å². The molecule has 0 radical (unpaired) electrons. The predicted molar refractivity (Wildman–Crippen MR) is 94.8 cm³/mol. The van der Waals surface area contributed by atoms with Gasteiger partial charge in [0.25, 0.3) is 11.8 Å². The van der Waals surface area contributed by atoms with Crippen molar-refractivity contribution in [2.24, 2.45) is 0 Å². The average molecular weight is 379 g/mol. The van der Waals surface area contributed by atoms with Gasteiger partial charge in [0.15, 0.2) is 6.61 Å². The van der Waals surface area contributed by atoms with Gasteiger partial charge in [-0.3, -0.25) is 9.59 Å². The van der Waals surface area contributed by atoms with Crippen LogP contribution < -0.4 is 5.32 Å². The Kier molecular flexibility index (Phi) is 6.30. The summed E-state index contributed by atoms with van der Waals surface area (Å²) in [5.74, 6) is -2.55. The summed E-state index contributed by atoms with van der Waals surface area (Å²) >= 11 is 5.70. The molecule has 0 aliphatic heterocycles. The van der Waals surface area contributed by atoms with E-state index in [1.54, 1.807) is 38.4 Å². The number of amides is 2. The van der Waals surface area contributed by atoms with E-state index in [9.17, 15) is 18.8 Å². The van der Waals surface area contributed by atoms with Crippen LogP contribution in [0, 0.1) is 5.82 Å². The first-order valence-electron chi connectivity index (χ1n) is 7.51. The molecule has 0 spiro atoms. The molecule has 2 rings (SSSR count). The molecule has 0 bridgehead atoms. The molecule has 2 aromatic carbocycles. The molecule has 0 fully saturated rings. The number of anilines is 1. The van der Waals surface area contributed by atoms with Crippen LogP contribution in [0.4, 0.5) is 10.1 Å². The molecular weight excluding hydrogens is 363 g/mol. The van der Waals surface area contributed by atoms with Gasteiger partial charge in [-0.25, -0.2) is 9.18 Å². The Morgan fingerprint density at radius 3 is 2.38 bits per heavy atom. The second-order valence-corrected chi connectivity index (χ2v) is 5.96. The van der Waals surface area contributed by atoms with E-state index in [4.69, 9.17) is 16.3 Å². The maximum atomic E-state index is 13.6. The molecule has 136 valence electrons. The van der Waals surface area contributed by atoms with E-state index >= 15 is 0 Å². The summed E-state index contributed by atoms with van der Waals surface area (Å²) in [4.78, 5) is 36.9. The molecule has 2 aromatic rings. The number of hydrogen-bond donors (Lipinski definition) is 1. The van der Waals surface area contributed by atoms with Gasteiger partial charge in [0.05, 0.1) is 5.56 Å². The van der Waals surface area contributed by atoms with Crippen LogP contribution in [0.2, 0.25) is 5.02 Å². The second kappa shape index (κ2) is 8.44. The molecule has 6 nitrogen and oxygen atoms in total. The Balaban J connectivity index is 1.91. The van der Waals surface area contributed by atoms with E-state index in [0.717, 1.165) is 12.1 Å². The first kappa shape index (κ1) is 19.4. The number of nitrogens with one attached hydrogen (secondary N) is 1. The summed E-state index contributed by atoms with van der Waals surface area (Å²) in [5, 5.41) is 2.69. The quantitative estimate of drug-likeness (QED) is 0.811. The molecule has 0 saturated heterocycles. The lowest BCUT2D eigenvalue weighted by molar-refractivity contribution is -0.119. The van der Waals surface area contributed by atoms with Gasteiger partial charge in [-0.1, -0.05) is 11.6 Å². The Morgan fingerprint density at radius 2 is 1.77 bits per heavy atom. The zero-order valence-corrected chi connectivity index (χ0v) is 14.8. The van der Waals surface area contributed by atoms with Gasteiger partial charge in [0.1, 0.15) is 5.82 Å². The van der Waals surface area contributed by atoms with E-state index in [0.29, 0.717) is 11.3 Å². The van der Waals surface area contributed by atoms with Crippen molar-refractivity contribution < 1.29 is 23.5 Å². The van der Waals surface area contributed by atoms with Crippen LogP contribution in [-0.4, -0.2) is 43.4 Å². The first-order chi connectivity index (χ1) is 12.3. The van der Waals surface area contributed by atoms with Crippen LogP contribution in [0.1, 0.15) is 20.7 Å². The summed E-state index contributed by atoms with van der Waals surface area (Å²) in [6.07, 6.45) is 0. The molecule has 0 heterocycles. The fourth-order valence-corrected chi connectivity index (χ4v) is 2.19. The van der Waals surface area contributed by atoms with Crippen molar-refractivity contribution in [2.45, 2.75) is 0 Å². The van der Waals surface area contributed by atoms with Gasteiger partial charge >= 0.3 is 5.97 Å². The van der Waals surface area contributed by atoms with E-state index < -0.39 is 24.3 Å². The second-order valence-electron chi connectivity index (χ2n) is 5.53. The molecule has 0 aliphatic carbocycles. The summed E-state index contributed by atoms with van der Waals surface area (Å²) < 4.78 is 18.3. The molecule has 0 saturated carbocycles. The number of benzene rings is 2. The average Bonchev–Trinajstić information content (AvgIpc) is 2.61. The van der Waals surface area contributed by atoms with Gasteiger partial charge in [0, 0.05) is 30.4 Å². The number of rotatable bonds is 5. The number of carbonyl (C=O) groups is 3. The van der Waals surface area contributed by atoms with Crippen molar-refractivity contribution in [1.29, 1.82) is 0 Å². The number of carbonyl (C=O) groups excluding carboxylic acids is 3. The molecule has 0 aliphatic rings. The minimum absolute atomic E-state index is 0.166. The monoisotopic (exact) mass is 378 g/mol. The number of hydrogen-bond acceptors (Lipinski definition) is 4. The van der Waals surface area contributed by atoms with Crippen LogP contribution in [0.15, 0.2) is 42.5 Å². The van der Waals surface area contributed by atoms with Crippen LogP contribution in [0.5, 0.6) is 0 Å². The third-order valence-corrected chi connectivity index (χ3v) is 3.54. The molecule has 0 atom stereocenters. The maximum Gasteiger partial charge on any atom is 0.341 e. The van der Waals surface area contributed by atoms with E-state index in [2.05, 4.69) is 5.32 Å². The summed E-state index contributed by atoms with van der Waals surface area (Å²) in [7, 11) is 3.27. The molecular formula is C18H16ClFN2O4. The topological polar surface area (TPSA) is 75.7 Å². The van der Waals surface area contributed by atoms with Crippen molar-refractivity contribution in [1.82, 2.24) is 4.90 Å². The predicted octanol–water partition coefficient (Wildman–Crippen LogP) is 2.98. The highest BCUT2D eigenvalue weighted by Crippen LogP contribution is 2.16. The first-order valence-corrected chi connectivity index (χ1v) is 7.89. The van der Waals surface area contributed by atoms with Crippen molar-refractivity contribution in [3.8, 4) is 0 Å². The highest BCUT2D eigenvalue weighted by Gasteiger charge is 2.15. The lowest BCUT2D eigenvalue weighted by Crippen LogP contribution is -2.22. The maximum absolute atomic E-state index is 13.6. The zero-order valence-electron chi connectivity index (χ0n) is 14.1. The zero-order chi connectivity index (χ0) is 19.3. The van der Waals surface area contributed by atoms with Gasteiger partial charge in [-0.2, -0.15) is 0 Å². The molecule has 1 N–H and O–H groups in total. The minimum atomic E-state index is -0.993. The minimum Gasteiger partial charge on any atom is -0.452 e. The Hall–Kier alpha value is -2.93. The van der Waals surface area contributed by atoms with Gasteiger partial charge in [-0.15, -0.1) is 0 Å². The number of halogens is 2. The highest BCUT2D eigenvalue weighted by atomic mass is 35.5. The van der Waals surface area contributed by atoms with E-state index in [1.165, 1.54) is 11.0 Å². The molecule has 0 unspecified atom stereocenters. The van der Waals surface area contributed by atoms with Crippen LogP contribution in [-0.2, 0) is 9.53 Å². The Bertz CT molecular complexity index is 838. The van der Waals surface area contributed by atoms with Crippen molar-refractivity contribution in [3.63, 3.8) is 0 Å². The SMILES string of the molecule is CN(C)C(=O)c1ccc(NC(=O)COC(=O)c2cc(Cl)ccc2F)cc1. The highest BCUT2D eigenvalue weighted by molar-refractivity contribution is 6.30. The molecule has 26 heavy (non-hydrogen) atoms. The number of ether oxygens (including phenoxy) is 1. The van der Waals surface area contributed by atoms with Gasteiger partial charge < -0.3 is 15.0 Å². The largest absolute Gasteiger partial charge is 0.452 e. The Labute approximate surface area is 154 Å².